The van der Waals surface area contributed by atoms with Crippen molar-refractivity contribution in [3.05, 3.63) is 78.1 Å². The number of alkyl halides is 3. The molecular weight excluding hydrogens is 385 g/mol. The van der Waals surface area contributed by atoms with Crippen molar-refractivity contribution in [1.82, 2.24) is 4.98 Å². The number of hydrogen-bond acceptors (Lipinski definition) is 4. The van der Waals surface area contributed by atoms with E-state index in [1.54, 1.807) is 24.3 Å². The van der Waals surface area contributed by atoms with Crippen molar-refractivity contribution >= 4 is 11.6 Å². The predicted molar refractivity (Wildman–Crippen MR) is 101 cm³/mol. The highest BCUT2D eigenvalue weighted by Gasteiger charge is 2.31. The van der Waals surface area contributed by atoms with Gasteiger partial charge < -0.3 is 14.8 Å². The van der Waals surface area contributed by atoms with E-state index < -0.39 is 17.6 Å². The molecule has 3 rings (SSSR count). The minimum absolute atomic E-state index is 0.0737. The molecule has 0 spiro atoms. The lowest BCUT2D eigenvalue weighted by atomic mass is 10.1. The summed E-state index contributed by atoms with van der Waals surface area (Å²) in [6.07, 6.45) is -1.73. The highest BCUT2D eigenvalue weighted by Crippen LogP contribution is 2.37. The van der Waals surface area contributed by atoms with Crippen LogP contribution >= 0.6 is 0 Å². The zero-order valence-corrected chi connectivity index (χ0v) is 15.4. The first kappa shape index (κ1) is 20.2. The Bertz CT molecular complexity index is 975. The number of carbonyl (C=O) groups excluding carboxylic acids is 1. The molecule has 0 aliphatic carbocycles. The Balaban J connectivity index is 1.90. The zero-order valence-electron chi connectivity index (χ0n) is 15.4. The van der Waals surface area contributed by atoms with Crippen LogP contribution in [0.25, 0.3) is 0 Å². The summed E-state index contributed by atoms with van der Waals surface area (Å²) >= 11 is 0. The van der Waals surface area contributed by atoms with E-state index in [4.69, 9.17) is 9.47 Å². The molecule has 1 amide bonds. The van der Waals surface area contributed by atoms with Gasteiger partial charge in [0.05, 0.1) is 17.9 Å². The number of aromatic nitrogens is 1. The third-order valence-electron chi connectivity index (χ3n) is 3.86. The van der Waals surface area contributed by atoms with E-state index in [1.165, 1.54) is 30.6 Å². The quantitative estimate of drug-likeness (QED) is 0.588. The number of hydrogen-bond donors (Lipinski definition) is 1. The molecule has 3 aromatic rings. The Kier molecular flexibility index (Phi) is 6.01. The summed E-state index contributed by atoms with van der Waals surface area (Å²) in [5.41, 5.74) is -0.749. The summed E-state index contributed by atoms with van der Waals surface area (Å²) < 4.78 is 50.4. The number of ether oxygens (including phenoxy) is 2. The van der Waals surface area contributed by atoms with Gasteiger partial charge in [0, 0.05) is 18.0 Å². The van der Waals surface area contributed by atoms with Crippen molar-refractivity contribution in [2.24, 2.45) is 0 Å². The van der Waals surface area contributed by atoms with Gasteiger partial charge in [-0.25, -0.2) is 0 Å². The van der Waals surface area contributed by atoms with Crippen LogP contribution in [0.3, 0.4) is 0 Å². The van der Waals surface area contributed by atoms with Crippen molar-refractivity contribution in [2.75, 3.05) is 11.9 Å². The van der Waals surface area contributed by atoms with Crippen molar-refractivity contribution in [3.8, 4) is 17.2 Å². The monoisotopic (exact) mass is 402 g/mol. The van der Waals surface area contributed by atoms with Gasteiger partial charge in [-0.15, -0.1) is 0 Å². The van der Waals surface area contributed by atoms with E-state index in [1.807, 2.05) is 6.92 Å². The highest BCUT2D eigenvalue weighted by atomic mass is 19.4. The summed E-state index contributed by atoms with van der Waals surface area (Å²) in [7, 11) is 0. The van der Waals surface area contributed by atoms with Crippen LogP contribution in [0, 0.1) is 0 Å². The molecule has 1 heterocycles. The van der Waals surface area contributed by atoms with E-state index >= 15 is 0 Å². The number of nitrogens with one attached hydrogen (secondary N) is 1. The smallest absolute Gasteiger partial charge is 0.416 e. The molecule has 0 fully saturated rings. The average molecular weight is 402 g/mol. The van der Waals surface area contributed by atoms with E-state index in [0.29, 0.717) is 18.1 Å². The number of nitrogens with zero attached hydrogens (tertiary/aromatic N) is 1. The molecule has 0 aliphatic rings. The summed E-state index contributed by atoms with van der Waals surface area (Å²) in [5, 5.41) is 2.47. The maximum absolute atomic E-state index is 13.1. The highest BCUT2D eigenvalue weighted by molar-refractivity contribution is 6.05. The van der Waals surface area contributed by atoms with Gasteiger partial charge in [-0.05, 0) is 61.5 Å². The maximum Gasteiger partial charge on any atom is 0.416 e. The topological polar surface area (TPSA) is 60.5 Å². The number of benzene rings is 2. The zero-order chi connectivity index (χ0) is 20.9. The third-order valence-corrected chi connectivity index (χ3v) is 3.86. The van der Waals surface area contributed by atoms with Gasteiger partial charge in [-0.3, -0.25) is 9.78 Å². The Morgan fingerprint density at radius 2 is 1.66 bits per heavy atom. The van der Waals surface area contributed by atoms with Crippen molar-refractivity contribution in [2.45, 2.75) is 13.1 Å². The van der Waals surface area contributed by atoms with Crippen LogP contribution in [0.4, 0.5) is 18.9 Å². The molecule has 0 bridgehead atoms. The molecule has 0 atom stereocenters. The molecule has 2 aromatic carbocycles. The first-order chi connectivity index (χ1) is 13.9. The molecule has 150 valence electrons. The van der Waals surface area contributed by atoms with E-state index in [0.717, 1.165) is 12.1 Å². The molecule has 29 heavy (non-hydrogen) atoms. The lowest BCUT2D eigenvalue weighted by molar-refractivity contribution is -0.137. The fourth-order valence-corrected chi connectivity index (χ4v) is 2.49. The van der Waals surface area contributed by atoms with Gasteiger partial charge in [-0.1, -0.05) is 0 Å². The van der Waals surface area contributed by atoms with Crippen LogP contribution in [0.1, 0.15) is 22.8 Å². The molecule has 5 nitrogen and oxygen atoms in total. The van der Waals surface area contributed by atoms with Crippen LogP contribution in [0.5, 0.6) is 17.2 Å². The molecule has 0 saturated carbocycles. The van der Waals surface area contributed by atoms with Gasteiger partial charge in [0.15, 0.2) is 5.75 Å². The van der Waals surface area contributed by atoms with Gasteiger partial charge in [0.1, 0.15) is 11.5 Å². The third kappa shape index (κ3) is 5.25. The SMILES string of the molecule is CCOc1ccc(Oc2ccc(C(F)(F)F)cc2NC(=O)c2ccncc2)cc1. The summed E-state index contributed by atoms with van der Waals surface area (Å²) in [6.45, 7) is 2.36. The molecular formula is C21H17F3N2O3. The number of carbonyl (C=O) groups is 1. The molecule has 1 N–H and O–H groups in total. The first-order valence-electron chi connectivity index (χ1n) is 8.70. The fourth-order valence-electron chi connectivity index (χ4n) is 2.49. The number of anilines is 1. The van der Waals surface area contributed by atoms with Crippen LogP contribution in [-0.2, 0) is 6.18 Å². The lowest BCUT2D eigenvalue weighted by Crippen LogP contribution is -2.14. The normalized spacial score (nSPS) is 11.0. The van der Waals surface area contributed by atoms with Crippen molar-refractivity contribution in [3.63, 3.8) is 0 Å². The van der Waals surface area contributed by atoms with Gasteiger partial charge in [0.25, 0.3) is 5.91 Å². The maximum atomic E-state index is 13.1. The summed E-state index contributed by atoms with van der Waals surface area (Å²) in [4.78, 5) is 16.2. The Morgan fingerprint density at radius 3 is 2.28 bits per heavy atom. The Labute approximate surface area is 165 Å². The Morgan fingerprint density at radius 1 is 1.00 bits per heavy atom. The number of amides is 1. The van der Waals surface area contributed by atoms with E-state index in [-0.39, 0.29) is 17.0 Å². The Hall–Kier alpha value is -3.55. The predicted octanol–water partition coefficient (Wildman–Crippen LogP) is 5.54. The van der Waals surface area contributed by atoms with Crippen LogP contribution < -0.4 is 14.8 Å². The minimum Gasteiger partial charge on any atom is -0.494 e. The van der Waals surface area contributed by atoms with E-state index in [9.17, 15) is 18.0 Å². The van der Waals surface area contributed by atoms with E-state index in [2.05, 4.69) is 10.3 Å². The van der Waals surface area contributed by atoms with Crippen LogP contribution in [0.2, 0.25) is 0 Å². The molecule has 0 aliphatic heterocycles. The number of pyridine rings is 1. The van der Waals surface area contributed by atoms with Crippen molar-refractivity contribution < 1.29 is 27.4 Å². The first-order valence-corrected chi connectivity index (χ1v) is 8.70. The standard InChI is InChI=1S/C21H17F3N2O3/c1-2-28-16-4-6-17(7-5-16)29-19-8-3-15(21(22,23)24)13-18(19)26-20(27)14-9-11-25-12-10-14/h3-13H,2H2,1H3,(H,26,27). The number of halogens is 3. The second-order valence-corrected chi connectivity index (χ2v) is 5.91. The second-order valence-electron chi connectivity index (χ2n) is 5.91. The van der Waals surface area contributed by atoms with Crippen LogP contribution in [-0.4, -0.2) is 17.5 Å². The minimum atomic E-state index is -4.56. The summed E-state index contributed by atoms with van der Waals surface area (Å²) in [6, 6.07) is 12.4. The summed E-state index contributed by atoms with van der Waals surface area (Å²) in [5.74, 6) is 0.513. The fraction of sp³-hybridized carbons (Fsp3) is 0.143. The largest absolute Gasteiger partial charge is 0.494 e. The van der Waals surface area contributed by atoms with Gasteiger partial charge >= 0.3 is 6.18 Å². The number of rotatable bonds is 6. The molecule has 0 unspecified atom stereocenters. The molecule has 0 saturated heterocycles. The molecule has 1 aromatic heterocycles. The second kappa shape index (κ2) is 8.64. The van der Waals surface area contributed by atoms with Crippen molar-refractivity contribution in [1.29, 1.82) is 0 Å². The lowest BCUT2D eigenvalue weighted by Gasteiger charge is -2.15. The van der Waals surface area contributed by atoms with Gasteiger partial charge in [0.2, 0.25) is 0 Å². The van der Waals surface area contributed by atoms with Crippen LogP contribution in [0.15, 0.2) is 67.0 Å². The molecule has 8 heteroatoms. The van der Waals surface area contributed by atoms with Gasteiger partial charge in [-0.2, -0.15) is 13.2 Å². The average Bonchev–Trinajstić information content (AvgIpc) is 2.71. The molecule has 0 radical (unpaired) electrons.